The van der Waals surface area contributed by atoms with Crippen LogP contribution in [0.2, 0.25) is 0 Å². The number of carbonyl (C=O) groups is 2. The highest BCUT2D eigenvalue weighted by atomic mass is 16.4. The number of carboxylic acid groups (broad SMARTS) is 1. The Morgan fingerprint density at radius 3 is 2.37 bits per heavy atom. The van der Waals surface area contributed by atoms with Crippen LogP contribution in [0.5, 0.6) is 0 Å². The molecule has 0 bridgehead atoms. The molecular formula is C15H23NO3. The van der Waals surface area contributed by atoms with Gasteiger partial charge in [0.2, 0.25) is 5.91 Å². The number of carbonyl (C=O) groups excluding carboxylic acids is 1. The van der Waals surface area contributed by atoms with E-state index >= 15 is 0 Å². The molecule has 1 amide bonds. The van der Waals surface area contributed by atoms with E-state index in [-0.39, 0.29) is 23.8 Å². The summed E-state index contributed by atoms with van der Waals surface area (Å²) in [5.41, 5.74) is 0. The van der Waals surface area contributed by atoms with Gasteiger partial charge in [-0.3, -0.25) is 9.59 Å². The zero-order valence-electron chi connectivity index (χ0n) is 11.3. The Labute approximate surface area is 113 Å². The van der Waals surface area contributed by atoms with Gasteiger partial charge in [-0.25, -0.2) is 0 Å². The van der Waals surface area contributed by atoms with Crippen molar-refractivity contribution in [2.45, 2.75) is 57.4 Å². The molecule has 19 heavy (non-hydrogen) atoms. The molecule has 0 unspecified atom stereocenters. The Hall–Kier alpha value is -1.06. The Bertz CT molecular complexity index is 378. The van der Waals surface area contributed by atoms with Gasteiger partial charge < -0.3 is 10.4 Å². The highest BCUT2D eigenvalue weighted by Gasteiger charge is 2.51. The fraction of sp³-hybridized carbons (Fsp3) is 0.867. The van der Waals surface area contributed by atoms with Gasteiger partial charge in [0.05, 0.1) is 5.92 Å². The number of aliphatic carboxylic acids is 1. The maximum absolute atomic E-state index is 12.2. The second-order valence-corrected chi connectivity index (χ2v) is 6.54. The Morgan fingerprint density at radius 1 is 0.947 bits per heavy atom. The Balaban J connectivity index is 1.56. The van der Waals surface area contributed by atoms with Gasteiger partial charge in [-0.05, 0) is 43.9 Å². The van der Waals surface area contributed by atoms with Crippen molar-refractivity contribution in [2.24, 2.45) is 23.7 Å². The lowest BCUT2D eigenvalue weighted by molar-refractivity contribution is -0.143. The summed E-state index contributed by atoms with van der Waals surface area (Å²) in [7, 11) is 0. The van der Waals surface area contributed by atoms with Crippen LogP contribution in [0.15, 0.2) is 0 Å². The first kappa shape index (κ1) is 12.9. The number of carboxylic acids is 1. The van der Waals surface area contributed by atoms with Crippen molar-refractivity contribution < 1.29 is 14.7 Å². The van der Waals surface area contributed by atoms with Crippen LogP contribution in [-0.4, -0.2) is 23.0 Å². The predicted octanol–water partition coefficient (Wildman–Crippen LogP) is 2.18. The average molecular weight is 265 g/mol. The van der Waals surface area contributed by atoms with E-state index in [0.717, 1.165) is 38.0 Å². The first-order valence-corrected chi connectivity index (χ1v) is 7.70. The van der Waals surface area contributed by atoms with Crippen LogP contribution in [0, 0.1) is 23.7 Å². The molecule has 4 nitrogen and oxygen atoms in total. The van der Waals surface area contributed by atoms with Crippen molar-refractivity contribution >= 4 is 11.9 Å². The van der Waals surface area contributed by atoms with E-state index in [1.54, 1.807) is 0 Å². The Morgan fingerprint density at radius 2 is 1.68 bits per heavy atom. The standard InChI is InChI=1S/C15H23NO3/c17-14(12-8-11(12)9-6-7-9)16-13-5-3-1-2-4-10(13)15(18)19/h9-13H,1-8H2,(H,16,17)(H,18,19)/t10-,11+,12-,13+/m1/s1. The third-order valence-electron chi connectivity index (χ3n) is 5.06. The molecular weight excluding hydrogens is 242 g/mol. The maximum Gasteiger partial charge on any atom is 0.308 e. The number of hydrogen-bond donors (Lipinski definition) is 2. The van der Waals surface area contributed by atoms with E-state index in [1.807, 2.05) is 0 Å². The fourth-order valence-electron chi connectivity index (χ4n) is 3.63. The molecule has 0 aromatic heterocycles. The summed E-state index contributed by atoms with van der Waals surface area (Å²) in [6.45, 7) is 0. The molecule has 106 valence electrons. The summed E-state index contributed by atoms with van der Waals surface area (Å²) in [6.07, 6.45) is 8.22. The molecule has 0 spiro atoms. The molecule has 3 saturated carbocycles. The lowest BCUT2D eigenvalue weighted by Gasteiger charge is -2.23. The second-order valence-electron chi connectivity index (χ2n) is 6.54. The van der Waals surface area contributed by atoms with Crippen molar-refractivity contribution in [3.63, 3.8) is 0 Å². The zero-order chi connectivity index (χ0) is 13.4. The first-order chi connectivity index (χ1) is 9.16. The predicted molar refractivity (Wildman–Crippen MR) is 70.5 cm³/mol. The maximum atomic E-state index is 12.2. The minimum atomic E-state index is -0.748. The SMILES string of the molecule is O=C(O)[C@@H]1CCCCC[C@@H]1NC(=O)[C@@H]1C[C@H]1C1CC1. The minimum absolute atomic E-state index is 0.120. The molecule has 0 saturated heterocycles. The lowest BCUT2D eigenvalue weighted by atomic mass is 9.94. The summed E-state index contributed by atoms with van der Waals surface area (Å²) >= 11 is 0. The van der Waals surface area contributed by atoms with Crippen LogP contribution >= 0.6 is 0 Å². The fourth-order valence-corrected chi connectivity index (χ4v) is 3.63. The smallest absolute Gasteiger partial charge is 0.308 e. The first-order valence-electron chi connectivity index (χ1n) is 7.70. The molecule has 0 aliphatic heterocycles. The number of nitrogens with one attached hydrogen (secondary N) is 1. The second kappa shape index (κ2) is 5.14. The normalized spacial score (nSPS) is 38.3. The number of hydrogen-bond acceptors (Lipinski definition) is 2. The largest absolute Gasteiger partial charge is 0.481 e. The van der Waals surface area contributed by atoms with E-state index in [9.17, 15) is 14.7 Å². The van der Waals surface area contributed by atoms with Crippen LogP contribution in [0.25, 0.3) is 0 Å². The molecule has 4 heteroatoms. The summed E-state index contributed by atoms with van der Waals surface area (Å²) < 4.78 is 0. The van der Waals surface area contributed by atoms with Gasteiger partial charge in [0.15, 0.2) is 0 Å². The van der Waals surface area contributed by atoms with Crippen molar-refractivity contribution in [3.8, 4) is 0 Å². The van der Waals surface area contributed by atoms with Gasteiger partial charge in [-0.2, -0.15) is 0 Å². The lowest BCUT2D eigenvalue weighted by Crippen LogP contribution is -2.43. The third kappa shape index (κ3) is 2.93. The van der Waals surface area contributed by atoms with Gasteiger partial charge in [-0.15, -0.1) is 0 Å². The monoisotopic (exact) mass is 265 g/mol. The van der Waals surface area contributed by atoms with Crippen LogP contribution in [0.1, 0.15) is 51.4 Å². The molecule has 0 radical (unpaired) electrons. The zero-order valence-corrected chi connectivity index (χ0v) is 11.3. The molecule has 4 atom stereocenters. The van der Waals surface area contributed by atoms with E-state index in [4.69, 9.17) is 0 Å². The number of amides is 1. The van der Waals surface area contributed by atoms with Gasteiger partial charge in [0.25, 0.3) is 0 Å². The summed E-state index contributed by atoms with van der Waals surface area (Å²) in [6, 6.07) is -0.145. The van der Waals surface area contributed by atoms with Gasteiger partial charge >= 0.3 is 5.97 Å². The van der Waals surface area contributed by atoms with Crippen LogP contribution in [0.4, 0.5) is 0 Å². The summed E-state index contributed by atoms with van der Waals surface area (Å²) in [4.78, 5) is 23.5. The molecule has 3 aliphatic carbocycles. The molecule has 2 N–H and O–H groups in total. The molecule has 0 aromatic carbocycles. The molecule has 3 rings (SSSR count). The van der Waals surface area contributed by atoms with Gasteiger partial charge in [-0.1, -0.05) is 19.3 Å². The molecule has 3 fully saturated rings. The topological polar surface area (TPSA) is 66.4 Å². The van der Waals surface area contributed by atoms with Gasteiger partial charge in [0.1, 0.15) is 0 Å². The Kier molecular flexibility index (Phi) is 3.50. The van der Waals surface area contributed by atoms with Crippen LogP contribution in [-0.2, 0) is 9.59 Å². The highest BCUT2D eigenvalue weighted by Crippen LogP contribution is 2.54. The van der Waals surface area contributed by atoms with E-state index in [2.05, 4.69) is 5.32 Å². The van der Waals surface area contributed by atoms with Crippen molar-refractivity contribution in [3.05, 3.63) is 0 Å². The third-order valence-corrected chi connectivity index (χ3v) is 5.06. The van der Waals surface area contributed by atoms with Crippen LogP contribution < -0.4 is 5.32 Å². The summed E-state index contributed by atoms with van der Waals surface area (Å²) in [5.74, 6) is 0.570. The number of rotatable bonds is 4. The van der Waals surface area contributed by atoms with Crippen molar-refractivity contribution in [1.29, 1.82) is 0 Å². The van der Waals surface area contributed by atoms with Gasteiger partial charge in [0, 0.05) is 12.0 Å². The highest BCUT2D eigenvalue weighted by molar-refractivity contribution is 5.83. The van der Waals surface area contributed by atoms with E-state index in [0.29, 0.717) is 12.3 Å². The molecule has 0 aromatic rings. The van der Waals surface area contributed by atoms with Crippen LogP contribution in [0.3, 0.4) is 0 Å². The molecule has 3 aliphatic rings. The minimum Gasteiger partial charge on any atom is -0.481 e. The van der Waals surface area contributed by atoms with Crippen molar-refractivity contribution in [1.82, 2.24) is 5.32 Å². The van der Waals surface area contributed by atoms with E-state index < -0.39 is 5.97 Å². The quantitative estimate of drug-likeness (QED) is 0.766. The summed E-state index contributed by atoms with van der Waals surface area (Å²) in [5, 5.41) is 12.3. The van der Waals surface area contributed by atoms with E-state index in [1.165, 1.54) is 12.8 Å². The molecule has 0 heterocycles. The average Bonchev–Trinajstić information content (AvgIpc) is 3.21. The van der Waals surface area contributed by atoms with Crippen molar-refractivity contribution in [2.75, 3.05) is 0 Å².